The fourth-order valence-electron chi connectivity index (χ4n) is 2.94. The van der Waals surface area contributed by atoms with Crippen LogP contribution in [0, 0.1) is 11.8 Å². The minimum absolute atomic E-state index is 0.992. The highest BCUT2D eigenvalue weighted by molar-refractivity contribution is 4.92. The lowest BCUT2D eigenvalue weighted by molar-refractivity contribution is 0.262. The highest BCUT2D eigenvalue weighted by Gasteiger charge is 2.38. The molecule has 2 saturated heterocycles. The van der Waals surface area contributed by atoms with Crippen LogP contribution in [0.2, 0.25) is 0 Å². The van der Waals surface area contributed by atoms with Crippen molar-refractivity contribution < 1.29 is 0 Å². The smallest absolute Gasteiger partial charge is 0.00256 e. The largest absolute Gasteiger partial charge is 0.303 e. The van der Waals surface area contributed by atoms with E-state index in [1.54, 1.807) is 0 Å². The van der Waals surface area contributed by atoms with E-state index in [2.05, 4.69) is 23.6 Å². The van der Waals surface area contributed by atoms with Crippen LogP contribution in [0.15, 0.2) is 0 Å². The van der Waals surface area contributed by atoms with Crippen LogP contribution in [0.5, 0.6) is 0 Å². The summed E-state index contributed by atoms with van der Waals surface area (Å²) in [6, 6.07) is 0. The summed E-state index contributed by atoms with van der Waals surface area (Å²) < 4.78 is 0. The van der Waals surface area contributed by atoms with Crippen LogP contribution in [0.4, 0.5) is 0 Å². The topological polar surface area (TPSA) is 6.48 Å². The van der Waals surface area contributed by atoms with Gasteiger partial charge in [-0.25, -0.2) is 0 Å². The van der Waals surface area contributed by atoms with Gasteiger partial charge in [0.25, 0.3) is 0 Å². The van der Waals surface area contributed by atoms with Gasteiger partial charge in [0.2, 0.25) is 0 Å². The van der Waals surface area contributed by atoms with E-state index >= 15 is 0 Å². The highest BCUT2D eigenvalue weighted by Crippen LogP contribution is 2.30. The van der Waals surface area contributed by atoms with Crippen LogP contribution in [0.3, 0.4) is 0 Å². The van der Waals surface area contributed by atoms with Gasteiger partial charge in [0, 0.05) is 26.2 Å². The Morgan fingerprint density at radius 2 is 1.46 bits per heavy atom. The number of rotatable bonds is 3. The molecule has 2 heterocycles. The molecule has 0 saturated carbocycles. The van der Waals surface area contributed by atoms with E-state index in [1.165, 1.54) is 45.7 Å². The standard InChI is InChI=1S/C11H22N2/c1-3-5-13-8-10-6-12(4-2)7-11(10)9-13/h10-11H,3-9H2,1-2H3/t10-,11+. The van der Waals surface area contributed by atoms with Crippen molar-refractivity contribution in [1.82, 2.24) is 9.80 Å². The first kappa shape index (κ1) is 9.47. The second-order valence-corrected chi connectivity index (χ2v) is 4.63. The second-order valence-electron chi connectivity index (χ2n) is 4.63. The summed E-state index contributed by atoms with van der Waals surface area (Å²) in [5.41, 5.74) is 0. The minimum Gasteiger partial charge on any atom is -0.303 e. The molecule has 0 bridgehead atoms. The average Bonchev–Trinajstić information content (AvgIpc) is 2.61. The molecule has 2 rings (SSSR count). The van der Waals surface area contributed by atoms with Crippen LogP contribution in [-0.4, -0.2) is 49.1 Å². The Morgan fingerprint density at radius 1 is 0.923 bits per heavy atom. The van der Waals surface area contributed by atoms with Gasteiger partial charge in [-0.05, 0) is 31.3 Å². The van der Waals surface area contributed by atoms with E-state index in [0.717, 1.165) is 11.8 Å². The van der Waals surface area contributed by atoms with Crippen LogP contribution < -0.4 is 0 Å². The second kappa shape index (κ2) is 3.97. The van der Waals surface area contributed by atoms with Gasteiger partial charge in [-0.3, -0.25) is 0 Å². The molecule has 2 aliphatic rings. The zero-order chi connectivity index (χ0) is 9.26. The lowest BCUT2D eigenvalue weighted by Gasteiger charge is -2.19. The van der Waals surface area contributed by atoms with Crippen molar-refractivity contribution in [2.75, 3.05) is 39.3 Å². The summed E-state index contributed by atoms with van der Waals surface area (Å²) in [4.78, 5) is 5.26. The van der Waals surface area contributed by atoms with E-state index in [1.807, 2.05) is 0 Å². The van der Waals surface area contributed by atoms with Gasteiger partial charge in [-0.2, -0.15) is 0 Å². The number of likely N-dealkylation sites (tertiary alicyclic amines) is 2. The van der Waals surface area contributed by atoms with Crippen LogP contribution in [0.1, 0.15) is 20.3 Å². The molecule has 0 spiro atoms. The van der Waals surface area contributed by atoms with Crippen molar-refractivity contribution >= 4 is 0 Å². The van der Waals surface area contributed by atoms with Crippen molar-refractivity contribution in [3.05, 3.63) is 0 Å². The summed E-state index contributed by atoms with van der Waals surface area (Å²) in [6.07, 6.45) is 1.32. The zero-order valence-electron chi connectivity index (χ0n) is 9.00. The first-order valence-electron chi connectivity index (χ1n) is 5.78. The molecule has 0 unspecified atom stereocenters. The molecule has 0 aromatic carbocycles. The molecule has 13 heavy (non-hydrogen) atoms. The fourth-order valence-corrected chi connectivity index (χ4v) is 2.94. The SMILES string of the molecule is CCCN1C[C@H]2CN(CC)C[C@H]2C1. The summed E-state index contributed by atoms with van der Waals surface area (Å²) in [5, 5.41) is 0. The Labute approximate surface area is 81.9 Å². The molecule has 2 atom stereocenters. The van der Waals surface area contributed by atoms with Crippen molar-refractivity contribution in [3.8, 4) is 0 Å². The van der Waals surface area contributed by atoms with Gasteiger partial charge >= 0.3 is 0 Å². The van der Waals surface area contributed by atoms with Crippen molar-refractivity contribution in [2.45, 2.75) is 20.3 Å². The van der Waals surface area contributed by atoms with Crippen LogP contribution >= 0.6 is 0 Å². The average molecular weight is 182 g/mol. The van der Waals surface area contributed by atoms with Crippen molar-refractivity contribution in [1.29, 1.82) is 0 Å². The molecule has 76 valence electrons. The Kier molecular flexibility index (Phi) is 2.89. The molecule has 0 N–H and O–H groups in total. The molecule has 0 aliphatic carbocycles. The Morgan fingerprint density at radius 3 is 1.92 bits per heavy atom. The van der Waals surface area contributed by atoms with Gasteiger partial charge in [0.05, 0.1) is 0 Å². The molecule has 2 heteroatoms. The zero-order valence-corrected chi connectivity index (χ0v) is 9.00. The molecule has 0 aromatic heterocycles. The predicted octanol–water partition coefficient (Wildman–Crippen LogP) is 1.28. The molecule has 0 radical (unpaired) electrons. The van der Waals surface area contributed by atoms with E-state index in [9.17, 15) is 0 Å². The normalized spacial score (nSPS) is 35.5. The Balaban J connectivity index is 1.82. The molecular weight excluding hydrogens is 160 g/mol. The maximum atomic E-state index is 2.66. The summed E-state index contributed by atoms with van der Waals surface area (Å²) >= 11 is 0. The predicted molar refractivity (Wildman–Crippen MR) is 55.8 cm³/mol. The monoisotopic (exact) mass is 182 g/mol. The molecule has 2 nitrogen and oxygen atoms in total. The molecular formula is C11H22N2. The Hall–Kier alpha value is -0.0800. The summed E-state index contributed by atoms with van der Waals surface area (Å²) in [6.45, 7) is 12.6. The maximum absolute atomic E-state index is 2.66. The Bertz CT molecular complexity index is 155. The van der Waals surface area contributed by atoms with Gasteiger partial charge < -0.3 is 9.80 Å². The van der Waals surface area contributed by atoms with Crippen LogP contribution in [0.25, 0.3) is 0 Å². The first-order chi connectivity index (χ1) is 6.33. The van der Waals surface area contributed by atoms with E-state index in [-0.39, 0.29) is 0 Å². The van der Waals surface area contributed by atoms with Crippen molar-refractivity contribution in [2.24, 2.45) is 11.8 Å². The molecule has 0 amide bonds. The van der Waals surface area contributed by atoms with Gasteiger partial charge in [0.15, 0.2) is 0 Å². The minimum atomic E-state index is 0.992. The number of hydrogen-bond donors (Lipinski definition) is 0. The van der Waals surface area contributed by atoms with Gasteiger partial charge in [-0.1, -0.05) is 13.8 Å². The van der Waals surface area contributed by atoms with Crippen LogP contribution in [-0.2, 0) is 0 Å². The van der Waals surface area contributed by atoms with Crippen molar-refractivity contribution in [3.63, 3.8) is 0 Å². The molecule has 2 fully saturated rings. The van der Waals surface area contributed by atoms with E-state index in [0.29, 0.717) is 0 Å². The van der Waals surface area contributed by atoms with Gasteiger partial charge in [0.1, 0.15) is 0 Å². The number of hydrogen-bond acceptors (Lipinski definition) is 2. The quantitative estimate of drug-likeness (QED) is 0.649. The number of fused-ring (bicyclic) bond motifs is 1. The maximum Gasteiger partial charge on any atom is 0.00256 e. The third-order valence-corrected chi connectivity index (χ3v) is 3.62. The lowest BCUT2D eigenvalue weighted by Crippen LogP contribution is -2.29. The third kappa shape index (κ3) is 1.89. The fraction of sp³-hybridized carbons (Fsp3) is 1.00. The van der Waals surface area contributed by atoms with Gasteiger partial charge in [-0.15, -0.1) is 0 Å². The molecule has 2 aliphatic heterocycles. The molecule has 0 aromatic rings. The highest BCUT2D eigenvalue weighted by atomic mass is 15.2. The summed E-state index contributed by atoms with van der Waals surface area (Å²) in [7, 11) is 0. The number of nitrogens with zero attached hydrogens (tertiary/aromatic N) is 2. The summed E-state index contributed by atoms with van der Waals surface area (Å²) in [5.74, 6) is 1.98. The lowest BCUT2D eigenvalue weighted by atomic mass is 10.0. The van der Waals surface area contributed by atoms with E-state index < -0.39 is 0 Å². The van der Waals surface area contributed by atoms with E-state index in [4.69, 9.17) is 0 Å². The first-order valence-corrected chi connectivity index (χ1v) is 5.78. The third-order valence-electron chi connectivity index (χ3n) is 3.62.